The zero-order valence-corrected chi connectivity index (χ0v) is 8.65. The fourth-order valence-corrected chi connectivity index (χ4v) is 1.50. The fourth-order valence-electron chi connectivity index (χ4n) is 1.50. The van der Waals surface area contributed by atoms with Gasteiger partial charge in [-0.25, -0.2) is 4.39 Å². The van der Waals surface area contributed by atoms with Crippen LogP contribution in [0.3, 0.4) is 0 Å². The highest BCUT2D eigenvalue weighted by Gasteiger charge is 2.58. The SMILES string of the molecule is CC1(C(F)(F)F)Nc2cc(F)ccc2NC1=O. The molecule has 0 saturated heterocycles. The molecule has 0 aliphatic carbocycles. The van der Waals surface area contributed by atoms with Gasteiger partial charge in [-0.2, -0.15) is 13.2 Å². The summed E-state index contributed by atoms with van der Waals surface area (Å²) in [5.41, 5.74) is -2.73. The highest BCUT2D eigenvalue weighted by molar-refractivity contribution is 6.06. The van der Waals surface area contributed by atoms with E-state index in [1.54, 1.807) is 0 Å². The van der Waals surface area contributed by atoms with E-state index in [-0.39, 0.29) is 11.4 Å². The van der Waals surface area contributed by atoms with Crippen LogP contribution < -0.4 is 10.6 Å². The molecule has 0 spiro atoms. The molecular formula is C10H8F4N2O. The maximum absolute atomic E-state index is 12.9. The molecule has 0 radical (unpaired) electrons. The van der Waals surface area contributed by atoms with Crippen molar-refractivity contribution in [3.63, 3.8) is 0 Å². The first-order valence-corrected chi connectivity index (χ1v) is 4.70. The van der Waals surface area contributed by atoms with Crippen LogP contribution in [0.5, 0.6) is 0 Å². The van der Waals surface area contributed by atoms with Gasteiger partial charge < -0.3 is 10.6 Å². The van der Waals surface area contributed by atoms with Crippen molar-refractivity contribution in [2.24, 2.45) is 0 Å². The number of hydrogen-bond donors (Lipinski definition) is 2. The lowest BCUT2D eigenvalue weighted by atomic mass is 9.96. The molecule has 2 rings (SSSR count). The predicted molar refractivity (Wildman–Crippen MR) is 53.1 cm³/mol. The predicted octanol–water partition coefficient (Wildman–Crippen LogP) is 2.51. The zero-order valence-electron chi connectivity index (χ0n) is 8.65. The van der Waals surface area contributed by atoms with Crippen molar-refractivity contribution in [3.05, 3.63) is 24.0 Å². The van der Waals surface area contributed by atoms with E-state index in [1.807, 2.05) is 5.32 Å². The van der Waals surface area contributed by atoms with Crippen LogP contribution in [-0.4, -0.2) is 17.6 Å². The number of fused-ring (bicyclic) bond motifs is 1. The molecule has 0 saturated carbocycles. The number of nitrogens with one attached hydrogen (secondary N) is 2. The van der Waals surface area contributed by atoms with Crippen LogP contribution in [-0.2, 0) is 4.79 Å². The van der Waals surface area contributed by atoms with Gasteiger partial charge >= 0.3 is 6.18 Å². The van der Waals surface area contributed by atoms with Crippen molar-refractivity contribution < 1.29 is 22.4 Å². The monoisotopic (exact) mass is 248 g/mol. The third-order valence-corrected chi connectivity index (χ3v) is 2.64. The van der Waals surface area contributed by atoms with E-state index in [0.717, 1.165) is 12.1 Å². The van der Waals surface area contributed by atoms with Crippen molar-refractivity contribution in [2.45, 2.75) is 18.6 Å². The van der Waals surface area contributed by atoms with E-state index in [1.165, 1.54) is 6.07 Å². The van der Waals surface area contributed by atoms with Crippen molar-refractivity contribution >= 4 is 17.3 Å². The smallest absolute Gasteiger partial charge is 0.362 e. The quantitative estimate of drug-likeness (QED) is 0.692. The van der Waals surface area contributed by atoms with Crippen LogP contribution in [0.4, 0.5) is 28.9 Å². The highest BCUT2D eigenvalue weighted by Crippen LogP contribution is 2.39. The molecule has 17 heavy (non-hydrogen) atoms. The van der Waals surface area contributed by atoms with Crippen molar-refractivity contribution in [1.29, 1.82) is 0 Å². The molecule has 1 aromatic carbocycles. The average Bonchev–Trinajstić information content (AvgIpc) is 2.18. The molecule has 92 valence electrons. The molecule has 1 aliphatic heterocycles. The summed E-state index contributed by atoms with van der Waals surface area (Å²) in [6.45, 7) is 0.705. The van der Waals surface area contributed by atoms with Crippen LogP contribution in [0.15, 0.2) is 18.2 Å². The molecule has 1 aromatic rings. The summed E-state index contributed by atoms with van der Waals surface area (Å²) in [5.74, 6) is -1.90. The number of anilines is 2. The van der Waals surface area contributed by atoms with Gasteiger partial charge in [0, 0.05) is 0 Å². The van der Waals surface area contributed by atoms with E-state index >= 15 is 0 Å². The molecule has 1 heterocycles. The summed E-state index contributed by atoms with van der Waals surface area (Å²) in [6, 6.07) is 3.15. The molecule has 7 heteroatoms. The van der Waals surface area contributed by atoms with Crippen LogP contribution in [0, 0.1) is 5.82 Å². The minimum Gasteiger partial charge on any atom is -0.362 e. The molecule has 0 bridgehead atoms. The Morgan fingerprint density at radius 3 is 2.47 bits per heavy atom. The number of carbonyl (C=O) groups is 1. The number of rotatable bonds is 0. The van der Waals surface area contributed by atoms with Gasteiger partial charge in [0.2, 0.25) is 5.54 Å². The van der Waals surface area contributed by atoms with E-state index in [2.05, 4.69) is 5.32 Å². The van der Waals surface area contributed by atoms with Crippen molar-refractivity contribution in [3.8, 4) is 0 Å². The normalized spacial score (nSPS) is 23.7. The molecule has 3 nitrogen and oxygen atoms in total. The number of alkyl halides is 3. The molecule has 0 fully saturated rings. The summed E-state index contributed by atoms with van der Waals surface area (Å²) >= 11 is 0. The van der Waals surface area contributed by atoms with E-state index in [4.69, 9.17) is 0 Å². The van der Waals surface area contributed by atoms with E-state index in [0.29, 0.717) is 6.92 Å². The van der Waals surface area contributed by atoms with Gasteiger partial charge in [-0.15, -0.1) is 0 Å². The lowest BCUT2D eigenvalue weighted by molar-refractivity contribution is -0.179. The summed E-state index contributed by atoms with van der Waals surface area (Å²) in [5, 5.41) is 4.12. The lowest BCUT2D eigenvalue weighted by Gasteiger charge is -2.36. The van der Waals surface area contributed by atoms with E-state index in [9.17, 15) is 22.4 Å². The van der Waals surface area contributed by atoms with Crippen LogP contribution in [0.25, 0.3) is 0 Å². The van der Waals surface area contributed by atoms with E-state index < -0.39 is 23.4 Å². The maximum atomic E-state index is 12.9. The van der Waals surface area contributed by atoms with Crippen LogP contribution >= 0.6 is 0 Å². The fraction of sp³-hybridized carbons (Fsp3) is 0.300. The van der Waals surface area contributed by atoms with Crippen LogP contribution in [0.1, 0.15) is 6.92 Å². The number of halogens is 4. The standard InChI is InChI=1S/C10H8F4N2O/c1-9(10(12,13)14)8(17)15-6-3-2-5(11)4-7(6)16-9/h2-4,16H,1H3,(H,15,17). The van der Waals surface area contributed by atoms with Crippen molar-refractivity contribution in [2.75, 3.05) is 10.6 Å². The Labute approximate surface area is 93.8 Å². The molecule has 1 aliphatic rings. The Balaban J connectivity index is 2.48. The first-order valence-electron chi connectivity index (χ1n) is 4.70. The average molecular weight is 248 g/mol. The largest absolute Gasteiger partial charge is 0.420 e. The Kier molecular flexibility index (Phi) is 2.30. The molecule has 1 unspecified atom stereocenters. The molecule has 0 aromatic heterocycles. The number of amides is 1. The minimum atomic E-state index is -4.78. The first-order chi connectivity index (χ1) is 7.74. The van der Waals surface area contributed by atoms with Gasteiger partial charge in [-0.3, -0.25) is 4.79 Å². The van der Waals surface area contributed by atoms with Gasteiger partial charge in [0.05, 0.1) is 11.4 Å². The summed E-state index contributed by atoms with van der Waals surface area (Å²) in [7, 11) is 0. The second-order valence-electron chi connectivity index (χ2n) is 3.89. The molecule has 1 atom stereocenters. The molecule has 1 amide bonds. The molecule has 2 N–H and O–H groups in total. The topological polar surface area (TPSA) is 41.1 Å². The van der Waals surface area contributed by atoms with Gasteiger partial charge in [0.25, 0.3) is 5.91 Å². The summed E-state index contributed by atoms with van der Waals surface area (Å²) < 4.78 is 51.2. The number of hydrogen-bond acceptors (Lipinski definition) is 2. The molecular weight excluding hydrogens is 240 g/mol. The third kappa shape index (κ3) is 1.71. The first kappa shape index (κ1) is 11.7. The summed E-state index contributed by atoms with van der Waals surface area (Å²) in [6.07, 6.45) is -4.78. The summed E-state index contributed by atoms with van der Waals surface area (Å²) in [4.78, 5) is 11.4. The maximum Gasteiger partial charge on any atom is 0.420 e. The third-order valence-electron chi connectivity index (χ3n) is 2.64. The van der Waals surface area contributed by atoms with Crippen molar-refractivity contribution in [1.82, 2.24) is 0 Å². The van der Waals surface area contributed by atoms with Crippen LogP contribution in [0.2, 0.25) is 0 Å². The Bertz CT molecular complexity index is 486. The van der Waals surface area contributed by atoms with Gasteiger partial charge in [0.15, 0.2) is 0 Å². The number of carbonyl (C=O) groups excluding carboxylic acids is 1. The Morgan fingerprint density at radius 1 is 1.24 bits per heavy atom. The van der Waals surface area contributed by atoms with Gasteiger partial charge in [0.1, 0.15) is 5.82 Å². The second kappa shape index (κ2) is 3.35. The highest BCUT2D eigenvalue weighted by atomic mass is 19.4. The Morgan fingerprint density at radius 2 is 1.88 bits per heavy atom. The zero-order chi connectivity index (χ0) is 12.8. The second-order valence-corrected chi connectivity index (χ2v) is 3.89. The van der Waals surface area contributed by atoms with Gasteiger partial charge in [-0.05, 0) is 25.1 Å². The minimum absolute atomic E-state index is 0.0931. The van der Waals surface area contributed by atoms with Gasteiger partial charge in [-0.1, -0.05) is 0 Å². The lowest BCUT2D eigenvalue weighted by Crippen LogP contribution is -2.60. The number of benzene rings is 1. The Hall–Kier alpha value is -1.79.